The zero-order valence-electron chi connectivity index (χ0n) is 15.7. The van der Waals surface area contributed by atoms with Crippen LogP contribution in [0.3, 0.4) is 0 Å². The lowest BCUT2D eigenvalue weighted by atomic mass is 10.2. The number of carbonyl (C=O) groups excluding carboxylic acids is 1. The average Bonchev–Trinajstić information content (AvgIpc) is 2.64. The summed E-state index contributed by atoms with van der Waals surface area (Å²) in [5, 5.41) is 3.43. The van der Waals surface area contributed by atoms with Gasteiger partial charge in [-0.05, 0) is 37.5 Å². The molecule has 0 bridgehead atoms. The van der Waals surface area contributed by atoms with Crippen molar-refractivity contribution in [2.45, 2.75) is 33.6 Å². The van der Waals surface area contributed by atoms with Crippen molar-refractivity contribution >= 4 is 29.1 Å². The number of carbonyl (C=O) groups is 1. The highest BCUT2D eigenvalue weighted by Gasteiger charge is 2.15. The molecule has 1 aromatic carbocycles. The van der Waals surface area contributed by atoms with Crippen molar-refractivity contribution in [1.82, 2.24) is 9.97 Å². The van der Waals surface area contributed by atoms with Crippen LogP contribution in [0.25, 0.3) is 0 Å². The summed E-state index contributed by atoms with van der Waals surface area (Å²) < 4.78 is 5.30. The van der Waals surface area contributed by atoms with E-state index in [1.807, 2.05) is 6.92 Å². The highest BCUT2D eigenvalue weighted by Crippen LogP contribution is 2.31. The van der Waals surface area contributed by atoms with Gasteiger partial charge in [-0.25, -0.2) is 9.97 Å². The fourth-order valence-corrected chi connectivity index (χ4v) is 2.75. The predicted molar refractivity (Wildman–Crippen MR) is 106 cm³/mol. The summed E-state index contributed by atoms with van der Waals surface area (Å²) >= 11 is 6.11. The molecule has 0 atom stereocenters. The van der Waals surface area contributed by atoms with Crippen LogP contribution in [-0.2, 0) is 0 Å². The number of amides is 1. The Labute approximate surface area is 159 Å². The Kier molecular flexibility index (Phi) is 7.21. The van der Waals surface area contributed by atoms with Gasteiger partial charge in [-0.2, -0.15) is 0 Å². The van der Waals surface area contributed by atoms with Gasteiger partial charge in [0.05, 0.1) is 12.8 Å². The molecule has 26 heavy (non-hydrogen) atoms. The fourth-order valence-electron chi connectivity index (χ4n) is 2.60. The number of rotatable bonds is 8. The second-order valence-electron chi connectivity index (χ2n) is 5.98. The van der Waals surface area contributed by atoms with Crippen LogP contribution in [0.1, 0.15) is 42.7 Å². The quantitative estimate of drug-likeness (QED) is 0.742. The molecule has 1 heterocycles. The van der Waals surface area contributed by atoms with Crippen molar-refractivity contribution < 1.29 is 9.53 Å². The maximum Gasteiger partial charge on any atom is 0.274 e. The van der Waals surface area contributed by atoms with Gasteiger partial charge in [-0.15, -0.1) is 0 Å². The summed E-state index contributed by atoms with van der Waals surface area (Å²) in [5.74, 6) is 0.754. The van der Waals surface area contributed by atoms with E-state index >= 15 is 0 Å². The van der Waals surface area contributed by atoms with Crippen LogP contribution in [0.4, 0.5) is 11.6 Å². The molecular weight excluding hydrogens is 352 g/mol. The van der Waals surface area contributed by atoms with E-state index in [1.165, 1.54) is 7.11 Å². The minimum Gasteiger partial charge on any atom is -0.495 e. The zero-order valence-corrected chi connectivity index (χ0v) is 16.4. The normalized spacial score (nSPS) is 10.5. The van der Waals surface area contributed by atoms with Gasteiger partial charge >= 0.3 is 0 Å². The van der Waals surface area contributed by atoms with Gasteiger partial charge in [0.25, 0.3) is 5.91 Å². The molecule has 0 aliphatic rings. The van der Waals surface area contributed by atoms with E-state index in [0.717, 1.165) is 31.5 Å². The van der Waals surface area contributed by atoms with Crippen LogP contribution < -0.4 is 15.0 Å². The lowest BCUT2D eigenvalue weighted by molar-refractivity contribution is 0.102. The molecule has 7 heteroatoms. The topological polar surface area (TPSA) is 67.4 Å². The molecule has 2 aromatic rings. The van der Waals surface area contributed by atoms with Crippen molar-refractivity contribution in [2.24, 2.45) is 0 Å². The average molecular weight is 377 g/mol. The van der Waals surface area contributed by atoms with E-state index in [4.69, 9.17) is 16.3 Å². The third-order valence-corrected chi connectivity index (χ3v) is 4.28. The number of aromatic nitrogens is 2. The van der Waals surface area contributed by atoms with Gasteiger partial charge in [0.1, 0.15) is 11.4 Å². The first-order valence-electron chi connectivity index (χ1n) is 8.73. The van der Waals surface area contributed by atoms with E-state index in [0.29, 0.717) is 28.1 Å². The fraction of sp³-hybridized carbons (Fsp3) is 0.421. The predicted octanol–water partition coefficient (Wildman–Crippen LogP) is 4.33. The van der Waals surface area contributed by atoms with Crippen molar-refractivity contribution in [2.75, 3.05) is 30.4 Å². The van der Waals surface area contributed by atoms with E-state index < -0.39 is 0 Å². The minimum atomic E-state index is -0.318. The van der Waals surface area contributed by atoms with Gasteiger partial charge in [0, 0.05) is 30.4 Å². The number of aryl methyl sites for hydroxylation is 1. The number of hydrogen-bond donors (Lipinski definition) is 1. The summed E-state index contributed by atoms with van der Waals surface area (Å²) in [6, 6.07) is 5.06. The molecule has 6 nitrogen and oxygen atoms in total. The molecule has 1 amide bonds. The largest absolute Gasteiger partial charge is 0.495 e. The van der Waals surface area contributed by atoms with Crippen LogP contribution in [0.15, 0.2) is 24.4 Å². The van der Waals surface area contributed by atoms with E-state index in [2.05, 4.69) is 34.0 Å². The number of nitrogens with zero attached hydrogens (tertiary/aromatic N) is 3. The Morgan fingerprint density at radius 2 is 1.96 bits per heavy atom. The molecule has 0 radical (unpaired) electrons. The van der Waals surface area contributed by atoms with Gasteiger partial charge in [0.15, 0.2) is 0 Å². The number of ether oxygens (including phenoxy) is 1. The molecule has 1 aromatic heterocycles. The third-order valence-electron chi connectivity index (χ3n) is 3.87. The Morgan fingerprint density at radius 1 is 1.27 bits per heavy atom. The second-order valence-corrected chi connectivity index (χ2v) is 6.39. The Balaban J connectivity index is 2.25. The van der Waals surface area contributed by atoms with Crippen LogP contribution in [0.5, 0.6) is 5.75 Å². The summed E-state index contributed by atoms with van der Waals surface area (Å²) in [6.45, 7) is 7.78. The molecule has 0 aliphatic heterocycles. The molecule has 0 fully saturated rings. The number of methoxy groups -OCH3 is 1. The molecule has 0 saturated heterocycles. The SMILES string of the molecule is CCCN(CCC)c1nccc(C(=O)Nc2cc(C)c(Cl)cc2OC)n1. The van der Waals surface area contributed by atoms with Crippen LogP contribution >= 0.6 is 11.6 Å². The number of anilines is 2. The smallest absolute Gasteiger partial charge is 0.274 e. The maximum absolute atomic E-state index is 12.7. The molecule has 0 aliphatic carbocycles. The standard InChI is InChI=1S/C19H25ClN4O2/c1-5-9-24(10-6-2)19-21-8-7-15(23-19)18(25)22-16-11-13(3)14(20)12-17(16)26-4/h7-8,11-12H,5-6,9-10H2,1-4H3,(H,22,25). The van der Waals surface area contributed by atoms with Gasteiger partial charge < -0.3 is 15.0 Å². The van der Waals surface area contributed by atoms with Crippen molar-refractivity contribution in [3.05, 3.63) is 40.7 Å². The highest BCUT2D eigenvalue weighted by molar-refractivity contribution is 6.31. The highest BCUT2D eigenvalue weighted by atomic mass is 35.5. The molecule has 1 N–H and O–H groups in total. The van der Waals surface area contributed by atoms with Crippen molar-refractivity contribution in [3.63, 3.8) is 0 Å². The Morgan fingerprint density at radius 3 is 2.58 bits per heavy atom. The molecule has 0 unspecified atom stereocenters. The zero-order chi connectivity index (χ0) is 19.1. The van der Waals surface area contributed by atoms with Crippen molar-refractivity contribution in [1.29, 1.82) is 0 Å². The third kappa shape index (κ3) is 4.85. The van der Waals surface area contributed by atoms with E-state index in [1.54, 1.807) is 24.4 Å². The molecule has 140 valence electrons. The summed E-state index contributed by atoms with van der Waals surface area (Å²) in [6.07, 6.45) is 3.59. The van der Waals surface area contributed by atoms with Gasteiger partial charge in [0.2, 0.25) is 5.95 Å². The maximum atomic E-state index is 12.7. The van der Waals surface area contributed by atoms with Gasteiger partial charge in [-0.1, -0.05) is 25.4 Å². The molecular formula is C19H25ClN4O2. The van der Waals surface area contributed by atoms with E-state index in [-0.39, 0.29) is 5.91 Å². The summed E-state index contributed by atoms with van der Waals surface area (Å²) in [4.78, 5) is 23.5. The molecule has 2 rings (SSSR count). The first-order chi connectivity index (χ1) is 12.5. The minimum absolute atomic E-state index is 0.307. The van der Waals surface area contributed by atoms with Crippen LogP contribution in [-0.4, -0.2) is 36.1 Å². The lowest BCUT2D eigenvalue weighted by Gasteiger charge is -2.21. The molecule has 0 saturated carbocycles. The number of hydrogen-bond acceptors (Lipinski definition) is 5. The molecule has 0 spiro atoms. The monoisotopic (exact) mass is 376 g/mol. The first kappa shape index (κ1) is 20.0. The lowest BCUT2D eigenvalue weighted by Crippen LogP contribution is -2.28. The number of nitrogens with one attached hydrogen (secondary N) is 1. The summed E-state index contributed by atoms with van der Waals surface area (Å²) in [5.41, 5.74) is 1.71. The second kappa shape index (κ2) is 9.38. The Bertz CT molecular complexity index is 761. The summed E-state index contributed by atoms with van der Waals surface area (Å²) in [7, 11) is 1.53. The van der Waals surface area contributed by atoms with E-state index in [9.17, 15) is 4.79 Å². The van der Waals surface area contributed by atoms with Gasteiger partial charge in [-0.3, -0.25) is 4.79 Å². The number of benzene rings is 1. The van der Waals surface area contributed by atoms with Crippen LogP contribution in [0.2, 0.25) is 5.02 Å². The first-order valence-corrected chi connectivity index (χ1v) is 9.11. The van der Waals surface area contributed by atoms with Crippen molar-refractivity contribution in [3.8, 4) is 5.75 Å². The number of halogens is 1. The van der Waals surface area contributed by atoms with Crippen LogP contribution in [0, 0.1) is 6.92 Å². The Hall–Kier alpha value is -2.34.